The molecule has 1 aliphatic heterocycles. The highest BCUT2D eigenvalue weighted by molar-refractivity contribution is 8.02. The van der Waals surface area contributed by atoms with Gasteiger partial charge in [0.25, 0.3) is 0 Å². The van der Waals surface area contributed by atoms with E-state index in [1.807, 2.05) is 34.6 Å². The van der Waals surface area contributed by atoms with Gasteiger partial charge in [-0.2, -0.15) is 13.2 Å². The molecule has 167 valence electrons. The van der Waals surface area contributed by atoms with Crippen molar-refractivity contribution in [3.8, 4) is 0 Å². The van der Waals surface area contributed by atoms with Crippen molar-refractivity contribution in [3.63, 3.8) is 0 Å². The van der Waals surface area contributed by atoms with E-state index < -0.39 is 11.9 Å². The van der Waals surface area contributed by atoms with E-state index in [1.54, 1.807) is 6.41 Å². The van der Waals surface area contributed by atoms with Gasteiger partial charge in [0.1, 0.15) is 17.3 Å². The second kappa shape index (κ2) is 9.61. The molecule has 3 heterocycles. The minimum absolute atomic E-state index is 0.00341. The van der Waals surface area contributed by atoms with Crippen molar-refractivity contribution >= 4 is 29.2 Å². The molecule has 1 aromatic carbocycles. The third kappa shape index (κ3) is 5.22. The molecule has 1 atom stereocenters. The highest BCUT2D eigenvalue weighted by atomic mass is 32.2. The number of thioether (sulfide) groups is 1. The summed E-state index contributed by atoms with van der Waals surface area (Å²) in [4.78, 5) is 24.1. The molecule has 1 unspecified atom stereocenters. The monoisotopic (exact) mass is 461 g/mol. The van der Waals surface area contributed by atoms with Crippen LogP contribution in [-0.2, 0) is 24.1 Å². The molecule has 11 heteroatoms. The number of benzene rings is 1. The molecule has 0 saturated carbocycles. The van der Waals surface area contributed by atoms with Gasteiger partial charge in [0.15, 0.2) is 0 Å². The summed E-state index contributed by atoms with van der Waals surface area (Å²) in [5, 5.41) is 7.70. The van der Waals surface area contributed by atoms with Gasteiger partial charge >= 0.3 is 12.6 Å². The first-order chi connectivity index (χ1) is 15.4. The van der Waals surface area contributed by atoms with Gasteiger partial charge in [-0.25, -0.2) is 4.98 Å². The van der Waals surface area contributed by atoms with Gasteiger partial charge in [0.05, 0.1) is 23.0 Å². The zero-order valence-electron chi connectivity index (χ0n) is 16.8. The Morgan fingerprint density at radius 2 is 2.06 bits per heavy atom. The van der Waals surface area contributed by atoms with Crippen LogP contribution in [0.2, 0.25) is 0 Å². The van der Waals surface area contributed by atoms with Crippen molar-refractivity contribution in [2.45, 2.75) is 31.1 Å². The maximum atomic E-state index is 12.8. The Morgan fingerprint density at radius 3 is 2.78 bits per heavy atom. The van der Waals surface area contributed by atoms with Crippen LogP contribution < -0.4 is 10.6 Å². The van der Waals surface area contributed by atoms with Gasteiger partial charge < -0.3 is 20.5 Å². The summed E-state index contributed by atoms with van der Waals surface area (Å²) < 4.78 is 38.3. The summed E-state index contributed by atoms with van der Waals surface area (Å²) in [6.07, 6.45) is -0.867. The highest BCUT2D eigenvalue weighted by Gasteiger charge is 2.32. The summed E-state index contributed by atoms with van der Waals surface area (Å²) in [6.45, 7) is 1.57. The molecule has 4 rings (SSSR count). The Labute approximate surface area is 186 Å². The Morgan fingerprint density at radius 1 is 1.22 bits per heavy atom. The number of nitrogens with zero attached hydrogens (tertiary/aromatic N) is 3. The lowest BCUT2D eigenvalue weighted by Gasteiger charge is -2.28. The van der Waals surface area contributed by atoms with Crippen LogP contribution in [0.5, 0.6) is 0 Å². The molecule has 0 fully saturated rings. The molecule has 0 saturated heterocycles. The van der Waals surface area contributed by atoms with Crippen molar-refractivity contribution in [1.29, 1.82) is 0 Å². The number of halogens is 3. The molecule has 3 N–H and O–H groups in total. The van der Waals surface area contributed by atoms with Crippen LogP contribution in [0.3, 0.4) is 0 Å². The summed E-state index contributed by atoms with van der Waals surface area (Å²) in [6, 6.07) is 10.2. The topological polar surface area (TPSA) is 85.9 Å². The number of hydrogen-bond donors (Lipinski definition) is 3. The Bertz CT molecular complexity index is 1070. The van der Waals surface area contributed by atoms with Gasteiger partial charge in [-0.1, -0.05) is 18.2 Å². The fourth-order valence-electron chi connectivity index (χ4n) is 3.41. The highest BCUT2D eigenvalue weighted by Crippen LogP contribution is 2.33. The number of nitrogens with one attached hydrogen (secondary N) is 3. The standard InChI is InChI=1S/C21H20F3N6OS/c22-21(23,24)17-6-5-14(9-26-17)11-30-19(27-13-31)12-32-20(30)7-8-25-10-18-28-15-3-1-2-4-16(15)29-18/h1-6,9,12,20,25H,7-8,10-11H2,(H,27,31)(H,28,29). The van der Waals surface area contributed by atoms with E-state index in [1.165, 1.54) is 24.0 Å². The molecular weight excluding hydrogens is 441 g/mol. The van der Waals surface area contributed by atoms with Gasteiger partial charge in [-0.05, 0) is 36.7 Å². The maximum Gasteiger partial charge on any atom is 0.433 e. The fourth-order valence-corrected chi connectivity index (χ4v) is 4.48. The molecule has 0 aliphatic carbocycles. The number of amides is 1. The lowest BCUT2D eigenvalue weighted by Crippen LogP contribution is -2.35. The van der Waals surface area contributed by atoms with Crippen LogP contribution in [-0.4, -0.2) is 38.2 Å². The number of aromatic nitrogens is 3. The van der Waals surface area contributed by atoms with Crippen LogP contribution in [0.4, 0.5) is 13.2 Å². The molecule has 7 nitrogen and oxygen atoms in total. The Kier molecular flexibility index (Phi) is 6.66. The minimum atomic E-state index is -4.48. The average molecular weight is 461 g/mol. The largest absolute Gasteiger partial charge is 0.433 e. The number of aromatic amines is 1. The number of imidazole rings is 1. The number of carbonyl (C=O) groups excluding carboxylic acids is 1. The molecular formula is C21H20F3N6OS. The molecule has 0 bridgehead atoms. The van der Waals surface area contributed by atoms with Crippen LogP contribution >= 0.6 is 11.8 Å². The number of H-pyrrole nitrogens is 1. The van der Waals surface area contributed by atoms with E-state index in [9.17, 15) is 18.0 Å². The van der Waals surface area contributed by atoms with E-state index >= 15 is 0 Å². The molecule has 0 spiro atoms. The molecule has 1 radical (unpaired) electrons. The number of hydrogen-bond acceptors (Lipinski definition) is 6. The third-order valence-electron chi connectivity index (χ3n) is 4.94. The Balaban J connectivity index is 1.34. The van der Waals surface area contributed by atoms with Gasteiger partial charge in [-0.15, -0.1) is 11.8 Å². The predicted molar refractivity (Wildman–Crippen MR) is 115 cm³/mol. The number of fused-ring (bicyclic) bond motifs is 1. The first-order valence-corrected chi connectivity index (χ1v) is 10.8. The lowest BCUT2D eigenvalue weighted by molar-refractivity contribution is -0.141. The van der Waals surface area contributed by atoms with Crippen LogP contribution in [0.15, 0.2) is 53.8 Å². The molecule has 3 aromatic rings. The molecule has 1 aliphatic rings. The number of pyridine rings is 1. The van der Waals surface area contributed by atoms with Crippen molar-refractivity contribution in [1.82, 2.24) is 30.5 Å². The average Bonchev–Trinajstić information content (AvgIpc) is 3.35. The Hall–Kier alpha value is -3.05. The van der Waals surface area contributed by atoms with E-state index in [-0.39, 0.29) is 5.37 Å². The fraction of sp³-hybridized carbons (Fsp3) is 0.286. The zero-order chi connectivity index (χ0) is 22.6. The zero-order valence-corrected chi connectivity index (χ0v) is 17.6. The number of alkyl halides is 3. The van der Waals surface area contributed by atoms with E-state index in [0.717, 1.165) is 29.3 Å². The van der Waals surface area contributed by atoms with E-state index in [4.69, 9.17) is 0 Å². The van der Waals surface area contributed by atoms with Crippen molar-refractivity contribution in [3.05, 3.63) is 70.9 Å². The molecule has 2 aromatic heterocycles. The second-order valence-electron chi connectivity index (χ2n) is 7.16. The SMILES string of the molecule is O=[C]NC1=CSC(CCNCc2nc3ccccc3[nH]2)N1Cc1ccc(C(F)(F)F)nc1. The third-order valence-corrected chi connectivity index (χ3v) is 6.10. The quantitative estimate of drug-likeness (QED) is 0.334. The second-order valence-corrected chi connectivity index (χ2v) is 8.22. The van der Waals surface area contributed by atoms with Crippen molar-refractivity contribution in [2.75, 3.05) is 6.54 Å². The van der Waals surface area contributed by atoms with Crippen LogP contribution in [0, 0.1) is 0 Å². The van der Waals surface area contributed by atoms with Crippen molar-refractivity contribution < 1.29 is 18.0 Å². The number of rotatable bonds is 9. The molecule has 32 heavy (non-hydrogen) atoms. The maximum absolute atomic E-state index is 12.8. The van der Waals surface area contributed by atoms with Crippen LogP contribution in [0.25, 0.3) is 11.0 Å². The minimum Gasteiger partial charge on any atom is -0.341 e. The van der Waals surface area contributed by atoms with E-state index in [2.05, 4.69) is 25.6 Å². The predicted octanol–water partition coefficient (Wildman–Crippen LogP) is 3.49. The summed E-state index contributed by atoms with van der Waals surface area (Å²) >= 11 is 1.53. The normalized spacial score (nSPS) is 16.4. The molecule has 1 amide bonds. The summed E-state index contributed by atoms with van der Waals surface area (Å²) in [5.41, 5.74) is 1.58. The van der Waals surface area contributed by atoms with E-state index in [0.29, 0.717) is 31.0 Å². The van der Waals surface area contributed by atoms with Crippen LogP contribution in [0.1, 0.15) is 23.5 Å². The number of para-hydroxylation sites is 2. The lowest BCUT2D eigenvalue weighted by atomic mass is 10.2. The first-order valence-electron chi connectivity index (χ1n) is 9.86. The summed E-state index contributed by atoms with van der Waals surface area (Å²) in [5.74, 6) is 1.40. The smallest absolute Gasteiger partial charge is 0.341 e. The van der Waals surface area contributed by atoms with Crippen molar-refractivity contribution in [2.24, 2.45) is 0 Å². The first kappa shape index (κ1) is 22.2. The summed E-state index contributed by atoms with van der Waals surface area (Å²) in [7, 11) is 0. The van der Waals surface area contributed by atoms with Gasteiger partial charge in [-0.3, -0.25) is 9.78 Å². The van der Waals surface area contributed by atoms with Gasteiger partial charge in [0.2, 0.25) is 0 Å². The van der Waals surface area contributed by atoms with Gasteiger partial charge in [0, 0.05) is 18.1 Å².